The second-order valence-corrected chi connectivity index (χ2v) is 5.15. The van der Waals surface area contributed by atoms with Crippen molar-refractivity contribution >= 4 is 0 Å². The molecule has 0 aliphatic carbocycles. The van der Waals surface area contributed by atoms with Crippen molar-refractivity contribution < 1.29 is 9.50 Å². The molecule has 0 radical (unpaired) electrons. The molecule has 0 fully saturated rings. The minimum absolute atomic E-state index is 0.218. The molecule has 0 heterocycles. The molecule has 18 heavy (non-hydrogen) atoms. The third kappa shape index (κ3) is 4.41. The van der Waals surface area contributed by atoms with Crippen molar-refractivity contribution in [3.63, 3.8) is 0 Å². The molecule has 0 amide bonds. The van der Waals surface area contributed by atoms with Crippen LogP contribution in [-0.2, 0) is 6.42 Å². The summed E-state index contributed by atoms with van der Waals surface area (Å²) in [6.07, 6.45) is 4.55. The van der Waals surface area contributed by atoms with Crippen molar-refractivity contribution in [2.45, 2.75) is 59.0 Å². The van der Waals surface area contributed by atoms with E-state index < -0.39 is 0 Å². The number of aliphatic hydroxyl groups is 1. The number of halogens is 1. The molecule has 0 aliphatic heterocycles. The summed E-state index contributed by atoms with van der Waals surface area (Å²) in [6.45, 7) is 6.24. The van der Waals surface area contributed by atoms with Gasteiger partial charge in [0.1, 0.15) is 5.82 Å². The van der Waals surface area contributed by atoms with Crippen molar-refractivity contribution in [2.75, 3.05) is 0 Å². The molecule has 2 heteroatoms. The lowest BCUT2D eigenvalue weighted by atomic mass is 9.88. The van der Waals surface area contributed by atoms with E-state index in [1.807, 2.05) is 6.92 Å². The van der Waals surface area contributed by atoms with Crippen molar-refractivity contribution in [2.24, 2.45) is 5.92 Å². The Kier molecular flexibility index (Phi) is 6.34. The standard InChI is InChI=1S/C16H25FO/c1-4-6-7-13(5-2)16(18)11-14-10-15(17)9-8-12(14)3/h8-10,13,16,18H,4-7,11H2,1-3H3. The highest BCUT2D eigenvalue weighted by atomic mass is 19.1. The first kappa shape index (κ1) is 15.2. The van der Waals surface area contributed by atoms with Crippen LogP contribution in [0.5, 0.6) is 0 Å². The second-order valence-electron chi connectivity index (χ2n) is 5.15. The molecular weight excluding hydrogens is 227 g/mol. The van der Waals surface area contributed by atoms with E-state index in [4.69, 9.17) is 0 Å². The molecule has 1 nitrogen and oxygen atoms in total. The van der Waals surface area contributed by atoms with Gasteiger partial charge in [0.05, 0.1) is 6.10 Å². The number of aliphatic hydroxyl groups excluding tert-OH is 1. The Morgan fingerprint density at radius 3 is 2.61 bits per heavy atom. The van der Waals surface area contributed by atoms with Crippen LogP contribution < -0.4 is 0 Å². The minimum Gasteiger partial charge on any atom is -0.392 e. The van der Waals surface area contributed by atoms with E-state index in [0.29, 0.717) is 12.3 Å². The maximum Gasteiger partial charge on any atom is 0.123 e. The largest absolute Gasteiger partial charge is 0.392 e. The number of unbranched alkanes of at least 4 members (excludes halogenated alkanes) is 1. The van der Waals surface area contributed by atoms with Gasteiger partial charge < -0.3 is 5.11 Å². The van der Waals surface area contributed by atoms with Gasteiger partial charge in [-0.05, 0) is 48.9 Å². The summed E-state index contributed by atoms with van der Waals surface area (Å²) in [5.74, 6) is 0.108. The fourth-order valence-electron chi connectivity index (χ4n) is 2.39. The fourth-order valence-corrected chi connectivity index (χ4v) is 2.39. The van der Waals surface area contributed by atoms with Gasteiger partial charge in [0.15, 0.2) is 0 Å². The Labute approximate surface area is 110 Å². The molecule has 2 atom stereocenters. The minimum atomic E-state index is -0.359. The van der Waals surface area contributed by atoms with E-state index in [2.05, 4.69) is 13.8 Å². The molecule has 2 unspecified atom stereocenters. The van der Waals surface area contributed by atoms with E-state index in [1.54, 1.807) is 12.1 Å². The quantitative estimate of drug-likeness (QED) is 0.769. The van der Waals surface area contributed by atoms with E-state index in [9.17, 15) is 9.50 Å². The lowest BCUT2D eigenvalue weighted by Crippen LogP contribution is -2.23. The van der Waals surface area contributed by atoms with Crippen LogP contribution in [0.15, 0.2) is 18.2 Å². The van der Waals surface area contributed by atoms with Gasteiger partial charge in [-0.3, -0.25) is 0 Å². The number of aryl methyl sites for hydroxylation is 1. The molecule has 1 rings (SSSR count). The third-order valence-corrected chi connectivity index (χ3v) is 3.74. The number of rotatable bonds is 7. The molecule has 0 aromatic heterocycles. The van der Waals surface area contributed by atoms with E-state index >= 15 is 0 Å². The smallest absolute Gasteiger partial charge is 0.123 e. The first-order valence-electron chi connectivity index (χ1n) is 7.01. The number of hydrogen-bond acceptors (Lipinski definition) is 1. The van der Waals surface area contributed by atoms with Gasteiger partial charge >= 0.3 is 0 Å². The highest BCUT2D eigenvalue weighted by Crippen LogP contribution is 2.21. The lowest BCUT2D eigenvalue weighted by Gasteiger charge is -2.22. The van der Waals surface area contributed by atoms with Crippen LogP contribution in [0.2, 0.25) is 0 Å². The zero-order chi connectivity index (χ0) is 13.5. The Bertz CT molecular complexity index is 362. The second kappa shape index (κ2) is 7.52. The Morgan fingerprint density at radius 2 is 2.00 bits per heavy atom. The fraction of sp³-hybridized carbons (Fsp3) is 0.625. The lowest BCUT2D eigenvalue weighted by molar-refractivity contribution is 0.0985. The van der Waals surface area contributed by atoms with Gasteiger partial charge in [-0.1, -0.05) is 39.2 Å². The van der Waals surface area contributed by atoms with Crippen molar-refractivity contribution in [1.29, 1.82) is 0 Å². The van der Waals surface area contributed by atoms with E-state index in [0.717, 1.165) is 36.8 Å². The van der Waals surface area contributed by atoms with E-state index in [-0.39, 0.29) is 11.9 Å². The first-order valence-corrected chi connectivity index (χ1v) is 7.01. The summed E-state index contributed by atoms with van der Waals surface area (Å²) in [4.78, 5) is 0. The van der Waals surface area contributed by atoms with Crippen molar-refractivity contribution in [3.05, 3.63) is 35.1 Å². The molecule has 0 aliphatic rings. The molecule has 0 bridgehead atoms. The molecular formula is C16H25FO. The highest BCUT2D eigenvalue weighted by molar-refractivity contribution is 5.27. The van der Waals surface area contributed by atoms with Crippen LogP contribution in [0, 0.1) is 18.7 Å². The zero-order valence-corrected chi connectivity index (χ0v) is 11.7. The van der Waals surface area contributed by atoms with Gasteiger partial charge in [0.25, 0.3) is 0 Å². The van der Waals surface area contributed by atoms with Crippen LogP contribution in [-0.4, -0.2) is 11.2 Å². The van der Waals surface area contributed by atoms with Crippen LogP contribution >= 0.6 is 0 Å². The number of hydrogen-bond donors (Lipinski definition) is 1. The maximum absolute atomic E-state index is 13.2. The van der Waals surface area contributed by atoms with Crippen LogP contribution in [0.25, 0.3) is 0 Å². The average molecular weight is 252 g/mol. The molecule has 0 spiro atoms. The Morgan fingerprint density at radius 1 is 1.28 bits per heavy atom. The molecule has 0 saturated carbocycles. The van der Waals surface area contributed by atoms with Gasteiger partial charge in [0, 0.05) is 0 Å². The number of benzene rings is 1. The zero-order valence-electron chi connectivity index (χ0n) is 11.7. The molecule has 1 N–H and O–H groups in total. The molecule has 1 aromatic carbocycles. The van der Waals surface area contributed by atoms with Gasteiger partial charge in [-0.15, -0.1) is 0 Å². The Balaban J connectivity index is 2.66. The van der Waals surface area contributed by atoms with Crippen LogP contribution in [0.3, 0.4) is 0 Å². The maximum atomic E-state index is 13.2. The van der Waals surface area contributed by atoms with Gasteiger partial charge in [-0.25, -0.2) is 4.39 Å². The third-order valence-electron chi connectivity index (χ3n) is 3.74. The predicted molar refractivity (Wildman–Crippen MR) is 74.2 cm³/mol. The predicted octanol–water partition coefficient (Wildman–Crippen LogP) is 4.25. The van der Waals surface area contributed by atoms with Gasteiger partial charge in [-0.2, -0.15) is 0 Å². The van der Waals surface area contributed by atoms with Crippen molar-refractivity contribution in [3.8, 4) is 0 Å². The molecule has 1 aromatic rings. The monoisotopic (exact) mass is 252 g/mol. The van der Waals surface area contributed by atoms with Gasteiger partial charge in [0.2, 0.25) is 0 Å². The summed E-state index contributed by atoms with van der Waals surface area (Å²) in [6, 6.07) is 4.80. The summed E-state index contributed by atoms with van der Waals surface area (Å²) in [5.41, 5.74) is 1.98. The highest BCUT2D eigenvalue weighted by Gasteiger charge is 2.18. The Hall–Kier alpha value is -0.890. The summed E-state index contributed by atoms with van der Waals surface area (Å²) in [5, 5.41) is 10.3. The normalized spacial score (nSPS) is 14.5. The summed E-state index contributed by atoms with van der Waals surface area (Å²) < 4.78 is 13.2. The first-order chi connectivity index (χ1) is 8.58. The summed E-state index contributed by atoms with van der Waals surface area (Å²) >= 11 is 0. The van der Waals surface area contributed by atoms with E-state index in [1.165, 1.54) is 6.07 Å². The van der Waals surface area contributed by atoms with Crippen LogP contribution in [0.1, 0.15) is 50.7 Å². The SMILES string of the molecule is CCCCC(CC)C(O)Cc1cc(F)ccc1C. The molecule has 102 valence electrons. The topological polar surface area (TPSA) is 20.2 Å². The van der Waals surface area contributed by atoms with Crippen LogP contribution in [0.4, 0.5) is 4.39 Å². The molecule has 0 saturated heterocycles. The summed E-state index contributed by atoms with van der Waals surface area (Å²) in [7, 11) is 0. The average Bonchev–Trinajstić information content (AvgIpc) is 2.35. The van der Waals surface area contributed by atoms with Crippen molar-refractivity contribution in [1.82, 2.24) is 0 Å².